The molecule has 2 unspecified atom stereocenters. The minimum Gasteiger partial charge on any atom is -0.310 e. The number of nitrogens with one attached hydrogen (secondary N) is 1. The van der Waals surface area contributed by atoms with E-state index in [1.54, 1.807) is 0 Å². The summed E-state index contributed by atoms with van der Waals surface area (Å²) in [5.41, 5.74) is 0.199. The molecule has 2 rings (SSSR count). The van der Waals surface area contributed by atoms with Gasteiger partial charge in [-0.15, -0.1) is 0 Å². The predicted octanol–water partition coefficient (Wildman–Crippen LogP) is 3.03. The van der Waals surface area contributed by atoms with Crippen LogP contribution in [-0.2, 0) is 0 Å². The van der Waals surface area contributed by atoms with Crippen molar-refractivity contribution < 1.29 is 8.78 Å². The topological polar surface area (TPSA) is 12.0 Å². The van der Waals surface area contributed by atoms with Gasteiger partial charge in [0, 0.05) is 11.6 Å². The summed E-state index contributed by atoms with van der Waals surface area (Å²) >= 11 is 0. The lowest BCUT2D eigenvalue weighted by molar-refractivity contribution is 0.291. The van der Waals surface area contributed by atoms with E-state index in [1.165, 1.54) is 18.2 Å². The molecule has 1 aromatic rings. The van der Waals surface area contributed by atoms with Crippen LogP contribution in [0.25, 0.3) is 0 Å². The first-order valence-corrected chi connectivity index (χ1v) is 5.37. The molecule has 1 N–H and O–H groups in total. The SMILES string of the molecule is CC1CCCNC1c1c(F)cccc1F. The average molecular weight is 211 g/mol. The highest BCUT2D eigenvalue weighted by Gasteiger charge is 2.27. The second-order valence-corrected chi connectivity index (χ2v) is 4.19. The number of hydrogen-bond acceptors (Lipinski definition) is 1. The van der Waals surface area contributed by atoms with Gasteiger partial charge in [-0.25, -0.2) is 8.78 Å². The van der Waals surface area contributed by atoms with E-state index in [9.17, 15) is 8.78 Å². The van der Waals surface area contributed by atoms with Crippen molar-refractivity contribution in [3.8, 4) is 0 Å². The monoisotopic (exact) mass is 211 g/mol. The van der Waals surface area contributed by atoms with Crippen molar-refractivity contribution in [1.29, 1.82) is 0 Å². The quantitative estimate of drug-likeness (QED) is 0.753. The van der Waals surface area contributed by atoms with Crippen LogP contribution in [0, 0.1) is 17.6 Å². The maximum atomic E-state index is 13.5. The summed E-state index contributed by atoms with van der Waals surface area (Å²) in [6, 6.07) is 3.87. The number of hydrogen-bond donors (Lipinski definition) is 1. The normalized spacial score (nSPS) is 26.6. The fourth-order valence-corrected chi connectivity index (χ4v) is 2.24. The van der Waals surface area contributed by atoms with Crippen LogP contribution in [-0.4, -0.2) is 6.54 Å². The van der Waals surface area contributed by atoms with Crippen molar-refractivity contribution in [3.63, 3.8) is 0 Å². The van der Waals surface area contributed by atoms with Crippen LogP contribution in [0.5, 0.6) is 0 Å². The summed E-state index contributed by atoms with van der Waals surface area (Å²) in [7, 11) is 0. The highest BCUT2D eigenvalue weighted by Crippen LogP contribution is 2.31. The van der Waals surface area contributed by atoms with Gasteiger partial charge in [0.2, 0.25) is 0 Å². The Balaban J connectivity index is 2.35. The van der Waals surface area contributed by atoms with Gasteiger partial charge in [0.05, 0.1) is 0 Å². The van der Waals surface area contributed by atoms with Crippen LogP contribution in [0.4, 0.5) is 8.78 Å². The molecule has 0 spiro atoms. The standard InChI is InChI=1S/C12H15F2N/c1-8-4-3-7-15-12(8)11-9(13)5-2-6-10(11)14/h2,5-6,8,12,15H,3-4,7H2,1H3. The van der Waals surface area contributed by atoms with E-state index >= 15 is 0 Å². The van der Waals surface area contributed by atoms with Crippen molar-refractivity contribution in [1.82, 2.24) is 5.32 Å². The highest BCUT2D eigenvalue weighted by atomic mass is 19.1. The van der Waals surface area contributed by atoms with E-state index in [4.69, 9.17) is 0 Å². The number of rotatable bonds is 1. The molecule has 0 aromatic heterocycles. The summed E-state index contributed by atoms with van der Waals surface area (Å²) in [6.07, 6.45) is 2.10. The van der Waals surface area contributed by atoms with Crippen LogP contribution < -0.4 is 5.32 Å². The Labute approximate surface area is 88.5 Å². The molecule has 1 aliphatic heterocycles. The molecule has 2 atom stereocenters. The summed E-state index contributed by atoms with van der Waals surface area (Å²) in [5, 5.41) is 3.19. The molecule has 1 aliphatic rings. The number of piperidine rings is 1. The van der Waals surface area contributed by atoms with E-state index < -0.39 is 11.6 Å². The van der Waals surface area contributed by atoms with E-state index in [2.05, 4.69) is 5.32 Å². The molecule has 0 radical (unpaired) electrons. The van der Waals surface area contributed by atoms with Gasteiger partial charge in [0.1, 0.15) is 11.6 Å². The first-order valence-electron chi connectivity index (χ1n) is 5.37. The molecular formula is C12H15F2N. The molecule has 0 bridgehead atoms. The Morgan fingerprint density at radius 2 is 1.93 bits per heavy atom. The molecule has 15 heavy (non-hydrogen) atoms. The Bertz CT molecular complexity index is 331. The largest absolute Gasteiger partial charge is 0.310 e. The molecule has 1 aromatic carbocycles. The third-order valence-corrected chi connectivity index (χ3v) is 3.08. The number of benzene rings is 1. The smallest absolute Gasteiger partial charge is 0.130 e. The average Bonchev–Trinajstić information content (AvgIpc) is 2.20. The number of halogens is 2. The lowest BCUT2D eigenvalue weighted by Gasteiger charge is -2.30. The van der Waals surface area contributed by atoms with Crippen molar-refractivity contribution in [2.45, 2.75) is 25.8 Å². The van der Waals surface area contributed by atoms with Crippen molar-refractivity contribution in [2.24, 2.45) is 5.92 Å². The van der Waals surface area contributed by atoms with Gasteiger partial charge in [-0.1, -0.05) is 13.0 Å². The molecule has 0 amide bonds. The maximum Gasteiger partial charge on any atom is 0.130 e. The first-order chi connectivity index (χ1) is 7.20. The van der Waals surface area contributed by atoms with Crippen LogP contribution in [0.1, 0.15) is 31.4 Å². The molecule has 0 saturated carbocycles. The zero-order valence-corrected chi connectivity index (χ0v) is 8.76. The minimum atomic E-state index is -0.443. The van der Waals surface area contributed by atoms with E-state index in [1.807, 2.05) is 6.92 Å². The lowest BCUT2D eigenvalue weighted by atomic mass is 9.87. The van der Waals surface area contributed by atoms with Crippen molar-refractivity contribution >= 4 is 0 Å². The zero-order valence-electron chi connectivity index (χ0n) is 8.76. The third kappa shape index (κ3) is 2.02. The summed E-state index contributed by atoms with van der Waals surface area (Å²) in [5.74, 6) is -0.604. The van der Waals surface area contributed by atoms with E-state index in [0.29, 0.717) is 0 Å². The Morgan fingerprint density at radius 3 is 2.53 bits per heavy atom. The summed E-state index contributed by atoms with van der Waals surface area (Å²) in [6.45, 7) is 2.87. The predicted molar refractivity (Wildman–Crippen MR) is 55.5 cm³/mol. The van der Waals surface area contributed by atoms with Gasteiger partial charge in [-0.05, 0) is 37.4 Å². The molecule has 82 valence electrons. The molecule has 1 saturated heterocycles. The van der Waals surface area contributed by atoms with Gasteiger partial charge >= 0.3 is 0 Å². The fourth-order valence-electron chi connectivity index (χ4n) is 2.24. The highest BCUT2D eigenvalue weighted by molar-refractivity contribution is 5.24. The van der Waals surface area contributed by atoms with Gasteiger partial charge in [-0.3, -0.25) is 0 Å². The molecule has 3 heteroatoms. The van der Waals surface area contributed by atoms with Crippen molar-refractivity contribution in [2.75, 3.05) is 6.54 Å². The molecule has 1 fully saturated rings. The first kappa shape index (κ1) is 10.6. The molecule has 1 heterocycles. The van der Waals surface area contributed by atoms with Gasteiger partial charge in [0.25, 0.3) is 0 Å². The second-order valence-electron chi connectivity index (χ2n) is 4.19. The van der Waals surface area contributed by atoms with Crippen molar-refractivity contribution in [3.05, 3.63) is 35.4 Å². The maximum absolute atomic E-state index is 13.5. The Hall–Kier alpha value is -0.960. The molecule has 0 aliphatic carbocycles. The third-order valence-electron chi connectivity index (χ3n) is 3.08. The second kappa shape index (κ2) is 4.27. The molecular weight excluding hydrogens is 196 g/mol. The van der Waals surface area contributed by atoms with Crippen LogP contribution in [0.3, 0.4) is 0 Å². The van der Waals surface area contributed by atoms with Gasteiger partial charge in [0.15, 0.2) is 0 Å². The molecule has 1 nitrogen and oxygen atoms in total. The fraction of sp³-hybridized carbons (Fsp3) is 0.500. The van der Waals surface area contributed by atoms with E-state index in [0.717, 1.165) is 19.4 Å². The van der Waals surface area contributed by atoms with Gasteiger partial charge < -0.3 is 5.32 Å². The zero-order chi connectivity index (χ0) is 10.8. The van der Waals surface area contributed by atoms with Gasteiger partial charge in [-0.2, -0.15) is 0 Å². The Morgan fingerprint density at radius 1 is 1.27 bits per heavy atom. The summed E-state index contributed by atoms with van der Waals surface area (Å²) in [4.78, 5) is 0. The Kier molecular flexibility index (Phi) is 3.00. The minimum absolute atomic E-state index is 0.181. The summed E-state index contributed by atoms with van der Waals surface area (Å²) < 4.78 is 27.1. The van der Waals surface area contributed by atoms with E-state index in [-0.39, 0.29) is 17.5 Å². The van der Waals surface area contributed by atoms with Crippen LogP contribution in [0.15, 0.2) is 18.2 Å². The van der Waals surface area contributed by atoms with Crippen LogP contribution >= 0.6 is 0 Å². The van der Waals surface area contributed by atoms with Crippen LogP contribution in [0.2, 0.25) is 0 Å². The lowest BCUT2D eigenvalue weighted by Crippen LogP contribution is -2.34.